The molecule has 0 aromatic carbocycles. The minimum atomic E-state index is 0.884. The second-order valence-electron chi connectivity index (χ2n) is 3.78. The first kappa shape index (κ1) is 9.84. The van der Waals surface area contributed by atoms with Crippen LogP contribution >= 0.6 is 0 Å². The third kappa shape index (κ3) is 1.97. The molecule has 0 aliphatic carbocycles. The summed E-state index contributed by atoms with van der Waals surface area (Å²) in [5.74, 6) is 0. The van der Waals surface area contributed by atoms with E-state index in [0.29, 0.717) is 0 Å². The quantitative estimate of drug-likeness (QED) is 0.783. The summed E-state index contributed by atoms with van der Waals surface area (Å²) in [5, 5.41) is 4.34. The Morgan fingerprint density at radius 1 is 1.12 bits per heavy atom. The van der Waals surface area contributed by atoms with Gasteiger partial charge in [0.25, 0.3) is 0 Å². The molecule has 3 rings (SSSR count). The lowest BCUT2D eigenvalue weighted by molar-refractivity contribution is 0.873. The molecule has 2 aromatic rings. The lowest BCUT2D eigenvalue weighted by atomic mass is 10.3. The van der Waals surface area contributed by atoms with Gasteiger partial charge in [0.15, 0.2) is 0 Å². The van der Waals surface area contributed by atoms with Crippen molar-refractivity contribution in [3.8, 4) is 5.69 Å². The number of hydrogen-bond acceptors (Lipinski definition) is 3. The van der Waals surface area contributed by atoms with E-state index in [1.54, 1.807) is 12.4 Å². The van der Waals surface area contributed by atoms with E-state index in [1.807, 2.05) is 47.6 Å². The maximum Gasteiger partial charge on any atom is 0.0829 e. The van der Waals surface area contributed by atoms with Gasteiger partial charge in [0.2, 0.25) is 0 Å². The van der Waals surface area contributed by atoms with E-state index < -0.39 is 0 Å². The highest BCUT2D eigenvalue weighted by molar-refractivity contribution is 5.49. The number of rotatable bonds is 2. The molecule has 2 aromatic heterocycles. The average Bonchev–Trinajstić information content (AvgIpc) is 2.90. The van der Waals surface area contributed by atoms with Crippen molar-refractivity contribution in [2.75, 3.05) is 11.4 Å². The van der Waals surface area contributed by atoms with Crippen LogP contribution in [0.25, 0.3) is 5.69 Å². The molecular formula is C13H12N4. The van der Waals surface area contributed by atoms with Crippen LogP contribution < -0.4 is 4.90 Å². The van der Waals surface area contributed by atoms with E-state index in [2.05, 4.69) is 21.1 Å². The summed E-state index contributed by atoms with van der Waals surface area (Å²) in [6.45, 7) is 0.884. The maximum absolute atomic E-state index is 4.34. The van der Waals surface area contributed by atoms with Crippen molar-refractivity contribution in [2.45, 2.75) is 0 Å². The lowest BCUT2D eigenvalue weighted by Crippen LogP contribution is -2.16. The molecule has 0 bridgehead atoms. The summed E-state index contributed by atoms with van der Waals surface area (Å²) in [6.07, 6.45) is 15.6. The van der Waals surface area contributed by atoms with Gasteiger partial charge in [-0.25, -0.2) is 4.68 Å². The summed E-state index contributed by atoms with van der Waals surface area (Å²) < 4.78 is 1.83. The van der Waals surface area contributed by atoms with Gasteiger partial charge in [0.1, 0.15) is 0 Å². The Balaban J connectivity index is 1.88. The zero-order chi connectivity index (χ0) is 11.5. The monoisotopic (exact) mass is 224 g/mol. The molecule has 4 nitrogen and oxygen atoms in total. The lowest BCUT2D eigenvalue weighted by Gasteiger charge is -2.17. The van der Waals surface area contributed by atoms with E-state index in [4.69, 9.17) is 0 Å². The highest BCUT2D eigenvalue weighted by Gasteiger charge is 2.07. The Labute approximate surface area is 99.5 Å². The fraction of sp³-hybridized carbons (Fsp3) is 0.0769. The topological polar surface area (TPSA) is 34.0 Å². The second-order valence-corrected chi connectivity index (χ2v) is 3.78. The van der Waals surface area contributed by atoms with Crippen molar-refractivity contribution in [2.24, 2.45) is 0 Å². The first-order chi connectivity index (χ1) is 8.43. The van der Waals surface area contributed by atoms with Gasteiger partial charge in [0.05, 0.1) is 30.0 Å². The summed E-state index contributed by atoms with van der Waals surface area (Å²) >= 11 is 0. The number of allylic oxidation sites excluding steroid dienone is 2. The third-order valence-corrected chi connectivity index (χ3v) is 2.63. The van der Waals surface area contributed by atoms with Gasteiger partial charge in [-0.15, -0.1) is 0 Å². The van der Waals surface area contributed by atoms with Crippen LogP contribution in [-0.2, 0) is 0 Å². The number of hydrogen-bond donors (Lipinski definition) is 0. The molecule has 1 aliphatic rings. The van der Waals surface area contributed by atoms with Crippen LogP contribution in [0.15, 0.2) is 61.3 Å². The molecule has 4 heteroatoms. The predicted octanol–water partition coefficient (Wildman–Crippen LogP) is 2.16. The van der Waals surface area contributed by atoms with Crippen LogP contribution in [-0.4, -0.2) is 21.3 Å². The summed E-state index contributed by atoms with van der Waals surface area (Å²) in [4.78, 5) is 6.22. The van der Waals surface area contributed by atoms with Gasteiger partial charge in [-0.1, -0.05) is 12.2 Å². The Hall–Kier alpha value is -2.36. The van der Waals surface area contributed by atoms with E-state index in [1.165, 1.54) is 0 Å². The first-order valence-electron chi connectivity index (χ1n) is 5.48. The van der Waals surface area contributed by atoms with Crippen LogP contribution in [0, 0.1) is 0 Å². The minimum Gasteiger partial charge on any atom is -0.342 e. The molecule has 0 atom stereocenters. The first-order valence-corrected chi connectivity index (χ1v) is 5.48. The third-order valence-electron chi connectivity index (χ3n) is 2.63. The Morgan fingerprint density at radius 2 is 2.12 bits per heavy atom. The number of pyridine rings is 1. The molecule has 0 saturated carbocycles. The predicted molar refractivity (Wildman–Crippen MR) is 67.0 cm³/mol. The van der Waals surface area contributed by atoms with Crippen molar-refractivity contribution < 1.29 is 0 Å². The second kappa shape index (κ2) is 4.25. The number of anilines is 1. The molecule has 0 radical (unpaired) electrons. The number of nitrogens with zero attached hydrogens (tertiary/aromatic N) is 4. The SMILES string of the molecule is C1=CCN(c2cnn(-c3cccnc3)c2)C=C1. The van der Waals surface area contributed by atoms with Crippen LogP contribution in [0.2, 0.25) is 0 Å². The van der Waals surface area contributed by atoms with Crippen molar-refractivity contribution in [1.29, 1.82) is 0 Å². The van der Waals surface area contributed by atoms with Crippen molar-refractivity contribution >= 4 is 5.69 Å². The molecule has 0 saturated heterocycles. The maximum atomic E-state index is 4.34. The van der Waals surface area contributed by atoms with E-state index in [9.17, 15) is 0 Å². The standard InChI is InChI=1S/C13H12N4/c1-2-7-16(8-3-1)13-10-15-17(11-13)12-5-4-6-14-9-12/h1-7,9-11H,8H2. The highest BCUT2D eigenvalue weighted by atomic mass is 15.3. The fourth-order valence-corrected chi connectivity index (χ4v) is 1.75. The highest BCUT2D eigenvalue weighted by Crippen LogP contribution is 2.17. The van der Waals surface area contributed by atoms with Gasteiger partial charge in [-0.05, 0) is 18.2 Å². The summed E-state index contributed by atoms with van der Waals surface area (Å²) in [5.41, 5.74) is 2.05. The molecule has 0 N–H and O–H groups in total. The smallest absolute Gasteiger partial charge is 0.0829 e. The largest absolute Gasteiger partial charge is 0.342 e. The molecule has 84 valence electrons. The molecule has 0 amide bonds. The van der Waals surface area contributed by atoms with Crippen LogP contribution in [0.5, 0.6) is 0 Å². The summed E-state index contributed by atoms with van der Waals surface area (Å²) in [6, 6.07) is 3.88. The van der Waals surface area contributed by atoms with Crippen molar-refractivity contribution in [3.63, 3.8) is 0 Å². The Bertz CT molecular complexity index is 554. The Kier molecular flexibility index (Phi) is 2.46. The van der Waals surface area contributed by atoms with Crippen molar-refractivity contribution in [3.05, 3.63) is 61.3 Å². The normalized spacial score (nSPS) is 14.2. The minimum absolute atomic E-state index is 0.884. The van der Waals surface area contributed by atoms with Gasteiger partial charge in [-0.2, -0.15) is 5.10 Å². The average molecular weight is 224 g/mol. The van der Waals surface area contributed by atoms with Gasteiger partial charge in [-0.3, -0.25) is 4.98 Å². The van der Waals surface area contributed by atoms with E-state index >= 15 is 0 Å². The van der Waals surface area contributed by atoms with Crippen molar-refractivity contribution in [1.82, 2.24) is 14.8 Å². The van der Waals surface area contributed by atoms with Crippen LogP contribution in [0.3, 0.4) is 0 Å². The van der Waals surface area contributed by atoms with Gasteiger partial charge < -0.3 is 4.90 Å². The molecule has 0 spiro atoms. The summed E-state index contributed by atoms with van der Waals surface area (Å²) in [7, 11) is 0. The van der Waals surface area contributed by atoms with Gasteiger partial charge in [0, 0.05) is 18.9 Å². The van der Waals surface area contributed by atoms with Gasteiger partial charge >= 0.3 is 0 Å². The molecule has 1 aliphatic heterocycles. The zero-order valence-corrected chi connectivity index (χ0v) is 9.27. The molecule has 17 heavy (non-hydrogen) atoms. The fourth-order valence-electron chi connectivity index (χ4n) is 1.75. The number of aromatic nitrogens is 3. The molecule has 0 fully saturated rings. The van der Waals surface area contributed by atoms with Crippen LogP contribution in [0.1, 0.15) is 0 Å². The zero-order valence-electron chi connectivity index (χ0n) is 9.27. The molecule has 0 unspecified atom stereocenters. The van der Waals surface area contributed by atoms with E-state index in [0.717, 1.165) is 17.9 Å². The molecular weight excluding hydrogens is 212 g/mol. The van der Waals surface area contributed by atoms with Crippen LogP contribution in [0.4, 0.5) is 5.69 Å². The Morgan fingerprint density at radius 3 is 2.88 bits per heavy atom. The molecule has 3 heterocycles. The van der Waals surface area contributed by atoms with E-state index in [-0.39, 0.29) is 0 Å².